The quantitative estimate of drug-likeness (QED) is 0.818. The van der Waals surface area contributed by atoms with Gasteiger partial charge in [-0.3, -0.25) is 0 Å². The maximum Gasteiger partial charge on any atom is 0.146 e. The molecule has 1 fully saturated rings. The molecule has 2 rings (SSSR count). The number of nitrogens with two attached hydrogens (primary N) is 1. The highest BCUT2D eigenvalue weighted by Gasteiger charge is 2.27. The molecule has 4 nitrogen and oxygen atoms in total. The molecule has 0 radical (unpaired) electrons. The zero-order chi connectivity index (χ0) is 11.4. The predicted molar refractivity (Wildman–Crippen MR) is 65.3 cm³/mol. The molecule has 0 atom stereocenters. The van der Waals surface area contributed by atoms with Crippen LogP contribution in [0.5, 0.6) is 0 Å². The molecule has 1 aromatic rings. The Morgan fingerprint density at radius 3 is 2.94 bits per heavy atom. The summed E-state index contributed by atoms with van der Waals surface area (Å²) in [4.78, 5) is 4.06. The second-order valence-electron chi connectivity index (χ2n) is 4.71. The second-order valence-corrected chi connectivity index (χ2v) is 4.71. The number of ether oxygens (including phenoxy) is 1. The highest BCUT2D eigenvalue weighted by atomic mass is 16.5. The van der Waals surface area contributed by atoms with Gasteiger partial charge in [-0.15, -0.1) is 0 Å². The molecule has 0 aliphatic carbocycles. The molecule has 1 saturated heterocycles. The van der Waals surface area contributed by atoms with Crippen molar-refractivity contribution in [3.8, 4) is 0 Å². The van der Waals surface area contributed by atoms with E-state index in [1.54, 1.807) is 6.20 Å². The highest BCUT2D eigenvalue weighted by Crippen LogP contribution is 2.30. The number of nitrogens with zero attached hydrogens (tertiary/aromatic N) is 1. The lowest BCUT2D eigenvalue weighted by Crippen LogP contribution is -2.33. The van der Waals surface area contributed by atoms with Gasteiger partial charge in [0.15, 0.2) is 0 Å². The first-order chi connectivity index (χ1) is 7.70. The molecule has 2 heterocycles. The van der Waals surface area contributed by atoms with E-state index in [1.807, 2.05) is 12.1 Å². The summed E-state index contributed by atoms with van der Waals surface area (Å²) in [6.07, 6.45) is 3.90. The maximum absolute atomic E-state index is 5.78. The smallest absolute Gasteiger partial charge is 0.146 e. The molecule has 0 aromatic carbocycles. The molecule has 16 heavy (non-hydrogen) atoms. The van der Waals surface area contributed by atoms with Crippen LogP contribution in [0.15, 0.2) is 18.3 Å². The summed E-state index contributed by atoms with van der Waals surface area (Å²) < 4.78 is 5.38. The third-order valence-electron chi connectivity index (χ3n) is 3.24. The summed E-state index contributed by atoms with van der Waals surface area (Å²) >= 11 is 0. The minimum Gasteiger partial charge on any atom is -0.382 e. The fourth-order valence-electron chi connectivity index (χ4n) is 1.92. The lowest BCUT2D eigenvalue weighted by Gasteiger charge is -2.34. The monoisotopic (exact) mass is 221 g/mol. The SMILES string of the molecule is CC1(CNc2cccnc2N)CCOCC1. The number of nitrogens with one attached hydrogen (secondary N) is 1. The summed E-state index contributed by atoms with van der Waals surface area (Å²) in [6.45, 7) is 4.93. The molecule has 1 aliphatic heterocycles. The number of hydrogen-bond donors (Lipinski definition) is 2. The lowest BCUT2D eigenvalue weighted by atomic mass is 9.82. The summed E-state index contributed by atoms with van der Waals surface area (Å²) in [5.41, 5.74) is 7.01. The number of pyridine rings is 1. The van der Waals surface area contributed by atoms with Crippen molar-refractivity contribution in [2.24, 2.45) is 5.41 Å². The van der Waals surface area contributed by atoms with Crippen LogP contribution in [-0.2, 0) is 4.74 Å². The summed E-state index contributed by atoms with van der Waals surface area (Å²) in [5, 5.41) is 3.38. The van der Waals surface area contributed by atoms with E-state index < -0.39 is 0 Å². The Labute approximate surface area is 96.2 Å². The third kappa shape index (κ3) is 2.64. The van der Waals surface area contributed by atoms with Gasteiger partial charge in [0, 0.05) is 26.0 Å². The Balaban J connectivity index is 1.94. The Kier molecular flexibility index (Phi) is 3.29. The van der Waals surface area contributed by atoms with E-state index in [0.717, 1.165) is 38.3 Å². The van der Waals surface area contributed by atoms with Gasteiger partial charge in [-0.25, -0.2) is 4.98 Å². The number of rotatable bonds is 3. The Hall–Kier alpha value is -1.29. The van der Waals surface area contributed by atoms with E-state index in [9.17, 15) is 0 Å². The zero-order valence-corrected chi connectivity index (χ0v) is 9.70. The van der Waals surface area contributed by atoms with Crippen molar-refractivity contribution in [1.29, 1.82) is 0 Å². The van der Waals surface area contributed by atoms with Crippen molar-refractivity contribution in [2.45, 2.75) is 19.8 Å². The van der Waals surface area contributed by atoms with Gasteiger partial charge in [-0.05, 0) is 30.4 Å². The minimum absolute atomic E-state index is 0.306. The maximum atomic E-state index is 5.78. The van der Waals surface area contributed by atoms with Gasteiger partial charge in [0.05, 0.1) is 5.69 Å². The summed E-state index contributed by atoms with van der Waals surface area (Å²) in [5.74, 6) is 0.568. The fourth-order valence-corrected chi connectivity index (χ4v) is 1.92. The Morgan fingerprint density at radius 2 is 2.25 bits per heavy atom. The number of aromatic nitrogens is 1. The van der Waals surface area contributed by atoms with E-state index in [2.05, 4.69) is 17.2 Å². The van der Waals surface area contributed by atoms with Gasteiger partial charge in [-0.1, -0.05) is 6.92 Å². The largest absolute Gasteiger partial charge is 0.382 e. The average Bonchev–Trinajstić information content (AvgIpc) is 2.29. The van der Waals surface area contributed by atoms with Crippen molar-refractivity contribution >= 4 is 11.5 Å². The van der Waals surface area contributed by atoms with E-state index in [0.29, 0.717) is 11.2 Å². The van der Waals surface area contributed by atoms with Crippen LogP contribution in [0.4, 0.5) is 11.5 Å². The lowest BCUT2D eigenvalue weighted by molar-refractivity contribution is 0.0300. The van der Waals surface area contributed by atoms with E-state index in [4.69, 9.17) is 10.5 Å². The average molecular weight is 221 g/mol. The Morgan fingerprint density at radius 1 is 1.50 bits per heavy atom. The number of anilines is 2. The van der Waals surface area contributed by atoms with Crippen LogP contribution in [0.3, 0.4) is 0 Å². The Bertz CT molecular complexity index is 348. The van der Waals surface area contributed by atoms with Crippen molar-refractivity contribution < 1.29 is 4.74 Å². The van der Waals surface area contributed by atoms with E-state index >= 15 is 0 Å². The van der Waals surface area contributed by atoms with Crippen LogP contribution in [-0.4, -0.2) is 24.7 Å². The van der Waals surface area contributed by atoms with Crippen LogP contribution in [0, 0.1) is 5.41 Å². The van der Waals surface area contributed by atoms with Gasteiger partial charge >= 0.3 is 0 Å². The van der Waals surface area contributed by atoms with Crippen LogP contribution < -0.4 is 11.1 Å². The number of hydrogen-bond acceptors (Lipinski definition) is 4. The van der Waals surface area contributed by atoms with E-state index in [-0.39, 0.29) is 0 Å². The molecule has 0 amide bonds. The fraction of sp³-hybridized carbons (Fsp3) is 0.583. The molecule has 4 heteroatoms. The standard InChI is InChI=1S/C12H19N3O/c1-12(4-7-16-8-5-12)9-15-10-3-2-6-14-11(10)13/h2-3,6,15H,4-5,7-9H2,1H3,(H2,13,14). The van der Waals surface area contributed by atoms with Crippen LogP contribution in [0.2, 0.25) is 0 Å². The van der Waals surface area contributed by atoms with E-state index in [1.165, 1.54) is 0 Å². The molecular weight excluding hydrogens is 202 g/mol. The van der Waals surface area contributed by atoms with Gasteiger partial charge in [0.1, 0.15) is 5.82 Å². The third-order valence-corrected chi connectivity index (χ3v) is 3.24. The van der Waals surface area contributed by atoms with Gasteiger partial charge in [0.25, 0.3) is 0 Å². The molecule has 3 N–H and O–H groups in total. The molecule has 0 unspecified atom stereocenters. The minimum atomic E-state index is 0.306. The molecular formula is C12H19N3O. The predicted octanol–water partition coefficient (Wildman–Crippen LogP) is 1.89. The normalized spacial score (nSPS) is 19.3. The number of nitrogen functional groups attached to an aromatic ring is 1. The van der Waals surface area contributed by atoms with Crippen molar-refractivity contribution in [1.82, 2.24) is 4.98 Å². The molecule has 0 bridgehead atoms. The second kappa shape index (κ2) is 4.70. The first kappa shape index (κ1) is 11.2. The molecule has 1 aliphatic rings. The topological polar surface area (TPSA) is 60.2 Å². The van der Waals surface area contributed by atoms with Gasteiger partial charge in [-0.2, -0.15) is 0 Å². The first-order valence-corrected chi connectivity index (χ1v) is 5.72. The van der Waals surface area contributed by atoms with Crippen molar-refractivity contribution in [3.05, 3.63) is 18.3 Å². The molecule has 0 spiro atoms. The molecule has 88 valence electrons. The van der Waals surface area contributed by atoms with Gasteiger partial charge < -0.3 is 15.8 Å². The highest BCUT2D eigenvalue weighted by molar-refractivity contribution is 5.60. The van der Waals surface area contributed by atoms with Crippen LogP contribution in [0.1, 0.15) is 19.8 Å². The van der Waals surface area contributed by atoms with Crippen molar-refractivity contribution in [2.75, 3.05) is 30.8 Å². The first-order valence-electron chi connectivity index (χ1n) is 5.72. The molecule has 1 aromatic heterocycles. The van der Waals surface area contributed by atoms with Crippen LogP contribution >= 0.6 is 0 Å². The summed E-state index contributed by atoms with van der Waals surface area (Å²) in [6, 6.07) is 3.86. The molecule has 0 saturated carbocycles. The van der Waals surface area contributed by atoms with Gasteiger partial charge in [0.2, 0.25) is 0 Å². The van der Waals surface area contributed by atoms with Crippen LogP contribution in [0.25, 0.3) is 0 Å². The zero-order valence-electron chi connectivity index (χ0n) is 9.70. The summed E-state index contributed by atoms with van der Waals surface area (Å²) in [7, 11) is 0. The van der Waals surface area contributed by atoms with Crippen molar-refractivity contribution in [3.63, 3.8) is 0 Å².